The molecule has 0 radical (unpaired) electrons. The van der Waals surface area contributed by atoms with Crippen LogP contribution in [0.4, 0.5) is 10.5 Å². The van der Waals surface area contributed by atoms with Gasteiger partial charge in [0.05, 0.1) is 19.8 Å². The first-order chi connectivity index (χ1) is 17.2. The van der Waals surface area contributed by atoms with E-state index in [9.17, 15) is 19.2 Å². The van der Waals surface area contributed by atoms with Crippen LogP contribution in [0.5, 0.6) is 11.5 Å². The number of nitrogens with one attached hydrogen (secondary N) is 1. The van der Waals surface area contributed by atoms with Crippen molar-refractivity contribution in [1.29, 1.82) is 0 Å². The molecule has 2 N–H and O–H groups in total. The Kier molecular flexibility index (Phi) is 8.31. The van der Waals surface area contributed by atoms with Crippen molar-refractivity contribution in [2.75, 3.05) is 19.5 Å². The molecule has 0 spiro atoms. The quantitative estimate of drug-likeness (QED) is 0.381. The summed E-state index contributed by atoms with van der Waals surface area (Å²) in [7, 11) is 2.75. The average molecular weight is 498 g/mol. The molecule has 10 nitrogen and oxygen atoms in total. The third-order valence-electron chi connectivity index (χ3n) is 5.76. The number of hydrogen-bond acceptors (Lipinski definition) is 8. The van der Waals surface area contributed by atoms with Crippen LogP contribution < -0.4 is 14.8 Å². The van der Waals surface area contributed by atoms with Gasteiger partial charge >= 0.3 is 24.0 Å². The molecule has 0 bridgehead atoms. The van der Waals surface area contributed by atoms with Crippen molar-refractivity contribution in [3.8, 4) is 11.5 Å². The number of ether oxygens (including phenoxy) is 4. The highest BCUT2D eigenvalue weighted by Crippen LogP contribution is 2.43. The zero-order valence-electron chi connectivity index (χ0n) is 20.4. The van der Waals surface area contributed by atoms with Gasteiger partial charge < -0.3 is 24.1 Å². The maximum absolute atomic E-state index is 12.8. The van der Waals surface area contributed by atoms with Crippen LogP contribution in [0.2, 0.25) is 0 Å². The van der Waals surface area contributed by atoms with Gasteiger partial charge in [0.15, 0.2) is 5.75 Å². The molecular formula is C26H27NO9. The highest BCUT2D eigenvalue weighted by molar-refractivity contribution is 6.00. The SMILES string of the molecule is COC(=O)c1ccc(NC(=O)Oc2c(C/C=C(\C)CCC(=O)O)c(OC)c(C)c3c2C(=O)OC3)cc1. The van der Waals surface area contributed by atoms with E-state index in [0.29, 0.717) is 40.1 Å². The number of carbonyl (C=O) groups is 4. The summed E-state index contributed by atoms with van der Waals surface area (Å²) in [6, 6.07) is 6.00. The molecular weight excluding hydrogens is 470 g/mol. The van der Waals surface area contributed by atoms with Crippen molar-refractivity contribution in [3.05, 3.63) is 63.7 Å². The Hall–Kier alpha value is -4.34. The van der Waals surface area contributed by atoms with Gasteiger partial charge in [-0.3, -0.25) is 10.1 Å². The van der Waals surface area contributed by atoms with Crippen molar-refractivity contribution < 1.29 is 43.2 Å². The summed E-state index contributed by atoms with van der Waals surface area (Å²) < 4.78 is 21.1. The summed E-state index contributed by atoms with van der Waals surface area (Å²) in [6.45, 7) is 3.61. The van der Waals surface area contributed by atoms with E-state index in [1.165, 1.54) is 38.5 Å². The van der Waals surface area contributed by atoms with E-state index in [4.69, 9.17) is 19.3 Å². The van der Waals surface area contributed by atoms with Crippen LogP contribution >= 0.6 is 0 Å². The minimum atomic E-state index is -0.906. The first-order valence-electron chi connectivity index (χ1n) is 11.1. The van der Waals surface area contributed by atoms with E-state index < -0.39 is 24.0 Å². The first kappa shape index (κ1) is 26.3. The minimum absolute atomic E-state index is 0.0147. The standard InChI is InChI=1S/C26H27NO9/c1-14(6-12-20(28)29)5-11-18-22(33-3)15(2)19-13-35-25(31)21(19)23(18)36-26(32)27-17-9-7-16(8-10-17)24(30)34-4/h5,7-10H,6,11-13H2,1-4H3,(H,27,32)(H,28,29)/b14-5+. The summed E-state index contributed by atoms with van der Waals surface area (Å²) in [6.07, 6.45) is 1.51. The molecule has 0 fully saturated rings. The van der Waals surface area contributed by atoms with E-state index in [1.807, 2.05) is 6.08 Å². The zero-order valence-corrected chi connectivity index (χ0v) is 20.4. The number of hydrogen-bond donors (Lipinski definition) is 2. The van der Waals surface area contributed by atoms with Crippen LogP contribution in [0, 0.1) is 6.92 Å². The molecule has 1 aliphatic rings. The van der Waals surface area contributed by atoms with Gasteiger partial charge in [-0.1, -0.05) is 11.6 Å². The number of cyclic esters (lactones) is 1. The number of amides is 1. The Balaban J connectivity index is 1.94. The molecule has 0 saturated heterocycles. The lowest BCUT2D eigenvalue weighted by molar-refractivity contribution is -0.136. The summed E-state index contributed by atoms with van der Waals surface area (Å²) in [5.41, 5.74) is 3.36. The number of rotatable bonds is 9. The maximum Gasteiger partial charge on any atom is 0.417 e. The second kappa shape index (κ2) is 11.4. The van der Waals surface area contributed by atoms with Crippen LogP contribution in [0.15, 0.2) is 35.9 Å². The molecule has 0 aromatic heterocycles. The maximum atomic E-state index is 12.8. The van der Waals surface area contributed by atoms with Crippen LogP contribution in [0.3, 0.4) is 0 Å². The Bertz CT molecular complexity index is 1230. The number of allylic oxidation sites excluding steroid dienone is 2. The van der Waals surface area contributed by atoms with Crippen molar-refractivity contribution in [3.63, 3.8) is 0 Å². The monoisotopic (exact) mass is 497 g/mol. The number of carboxylic acid groups (broad SMARTS) is 1. The molecule has 2 aromatic rings. The lowest BCUT2D eigenvalue weighted by Gasteiger charge is -2.19. The molecule has 3 rings (SSSR count). The summed E-state index contributed by atoms with van der Waals surface area (Å²) in [4.78, 5) is 47.9. The number of carboxylic acids is 1. The number of benzene rings is 2. The molecule has 190 valence electrons. The lowest BCUT2D eigenvalue weighted by Crippen LogP contribution is -2.20. The second-order valence-corrected chi connectivity index (χ2v) is 8.13. The van der Waals surface area contributed by atoms with Gasteiger partial charge in [0.25, 0.3) is 0 Å². The van der Waals surface area contributed by atoms with E-state index in [2.05, 4.69) is 10.1 Å². The molecule has 2 aromatic carbocycles. The number of esters is 2. The van der Waals surface area contributed by atoms with Crippen molar-refractivity contribution >= 4 is 29.7 Å². The van der Waals surface area contributed by atoms with E-state index in [1.54, 1.807) is 13.8 Å². The molecule has 1 aliphatic heterocycles. The van der Waals surface area contributed by atoms with Crippen molar-refractivity contribution in [2.45, 2.75) is 39.7 Å². The van der Waals surface area contributed by atoms with Crippen LogP contribution in [0.1, 0.15) is 57.2 Å². The van der Waals surface area contributed by atoms with E-state index in [0.717, 1.165) is 5.57 Å². The Morgan fingerprint density at radius 3 is 2.42 bits per heavy atom. The molecule has 10 heteroatoms. The molecule has 0 saturated carbocycles. The predicted molar refractivity (Wildman–Crippen MR) is 129 cm³/mol. The van der Waals surface area contributed by atoms with Crippen LogP contribution in [0.25, 0.3) is 0 Å². The van der Waals surface area contributed by atoms with E-state index in [-0.39, 0.29) is 30.8 Å². The highest BCUT2D eigenvalue weighted by atomic mass is 16.6. The molecule has 1 heterocycles. The van der Waals surface area contributed by atoms with Gasteiger partial charge in [-0.05, 0) is 56.5 Å². The lowest BCUT2D eigenvalue weighted by atomic mass is 9.94. The number of methoxy groups -OCH3 is 2. The van der Waals surface area contributed by atoms with Crippen molar-refractivity contribution in [1.82, 2.24) is 0 Å². The van der Waals surface area contributed by atoms with Gasteiger partial charge in [-0.2, -0.15) is 0 Å². The summed E-state index contributed by atoms with van der Waals surface area (Å²) >= 11 is 0. The Morgan fingerprint density at radius 2 is 1.81 bits per heavy atom. The second-order valence-electron chi connectivity index (χ2n) is 8.13. The Labute approximate surface area is 207 Å². The summed E-state index contributed by atoms with van der Waals surface area (Å²) in [5, 5.41) is 11.5. The molecule has 0 unspecified atom stereocenters. The van der Waals surface area contributed by atoms with Crippen LogP contribution in [-0.2, 0) is 27.3 Å². The van der Waals surface area contributed by atoms with Crippen LogP contribution in [-0.4, -0.2) is 43.3 Å². The van der Waals surface area contributed by atoms with Gasteiger partial charge in [-0.15, -0.1) is 0 Å². The molecule has 0 aliphatic carbocycles. The van der Waals surface area contributed by atoms with Gasteiger partial charge in [-0.25, -0.2) is 14.4 Å². The van der Waals surface area contributed by atoms with E-state index >= 15 is 0 Å². The third kappa shape index (κ3) is 5.83. The number of aliphatic carboxylic acids is 1. The fraction of sp³-hybridized carbons (Fsp3) is 0.308. The topological polar surface area (TPSA) is 137 Å². The highest BCUT2D eigenvalue weighted by Gasteiger charge is 2.34. The molecule has 36 heavy (non-hydrogen) atoms. The fourth-order valence-electron chi connectivity index (χ4n) is 3.85. The van der Waals surface area contributed by atoms with Gasteiger partial charge in [0.1, 0.15) is 17.9 Å². The molecule has 1 amide bonds. The Morgan fingerprint density at radius 1 is 1.11 bits per heavy atom. The number of anilines is 1. The summed E-state index contributed by atoms with van der Waals surface area (Å²) in [5.74, 6) is -1.58. The minimum Gasteiger partial charge on any atom is -0.496 e. The predicted octanol–water partition coefficient (Wildman–Crippen LogP) is 4.43. The first-order valence-corrected chi connectivity index (χ1v) is 11.1. The zero-order chi connectivity index (χ0) is 26.4. The normalized spacial score (nSPS) is 12.4. The number of carbonyl (C=O) groups excluding carboxylic acids is 3. The third-order valence-corrected chi connectivity index (χ3v) is 5.76. The smallest absolute Gasteiger partial charge is 0.417 e. The van der Waals surface area contributed by atoms with Crippen molar-refractivity contribution in [2.24, 2.45) is 0 Å². The van der Waals surface area contributed by atoms with Gasteiger partial charge in [0.2, 0.25) is 0 Å². The number of fused-ring (bicyclic) bond motifs is 1. The largest absolute Gasteiger partial charge is 0.496 e. The fourth-order valence-corrected chi connectivity index (χ4v) is 3.85. The van der Waals surface area contributed by atoms with Gasteiger partial charge in [0, 0.05) is 23.2 Å². The molecule has 0 atom stereocenters. The average Bonchev–Trinajstić information content (AvgIpc) is 3.25.